The topological polar surface area (TPSA) is 39.9 Å². The van der Waals surface area contributed by atoms with Crippen molar-refractivity contribution < 1.29 is 22.3 Å². The normalized spacial score (nSPS) is 11.8. The summed E-state index contributed by atoms with van der Waals surface area (Å²) in [5, 5.41) is 0. The maximum absolute atomic E-state index is 14.5. The molecule has 148 valence electrons. The van der Waals surface area contributed by atoms with Crippen molar-refractivity contribution in [3.8, 4) is 28.5 Å². The number of pyridine rings is 1. The maximum atomic E-state index is 14.5. The number of methoxy groups -OCH3 is 1. The van der Waals surface area contributed by atoms with E-state index in [0.717, 1.165) is 12.1 Å². The Labute approximate surface area is 163 Å². The monoisotopic (exact) mass is 401 g/mol. The van der Waals surface area contributed by atoms with Gasteiger partial charge in [-0.25, -0.2) is 14.4 Å². The predicted molar refractivity (Wildman–Crippen MR) is 99.1 cm³/mol. The van der Waals surface area contributed by atoms with Crippen LogP contribution < -0.4 is 4.74 Å². The fourth-order valence-electron chi connectivity index (χ4n) is 3.02. The van der Waals surface area contributed by atoms with Crippen LogP contribution >= 0.6 is 0 Å². The summed E-state index contributed by atoms with van der Waals surface area (Å²) in [6.07, 6.45) is -0.886. The summed E-state index contributed by atoms with van der Waals surface area (Å²) in [6.45, 7) is 0.365. The molecule has 4 nitrogen and oxygen atoms in total. The summed E-state index contributed by atoms with van der Waals surface area (Å²) in [5.41, 5.74) is 1.40. The number of hydrogen-bond donors (Lipinski definition) is 0. The van der Waals surface area contributed by atoms with Crippen LogP contribution in [0.4, 0.5) is 17.6 Å². The molecule has 0 radical (unpaired) electrons. The Balaban J connectivity index is 1.62. The van der Waals surface area contributed by atoms with Crippen molar-refractivity contribution in [3.63, 3.8) is 0 Å². The standard InChI is InChI=1S/C21H15F4N3O/c1-29-18-4-2-3-15(19(18)22)20-26-16-9-10-28(12-17(16)27-20)11-13-5-7-14(8-6-13)21(23,24)25/h2-10,12H,11H2,1H3. The van der Waals surface area contributed by atoms with E-state index in [-0.39, 0.29) is 17.1 Å². The fourth-order valence-corrected chi connectivity index (χ4v) is 3.02. The molecular formula is C21H15F4N3O. The summed E-state index contributed by atoms with van der Waals surface area (Å²) >= 11 is 0. The molecule has 0 aromatic heterocycles. The number of halogens is 4. The Kier molecular flexibility index (Phi) is 4.70. The second kappa shape index (κ2) is 7.20. The molecule has 0 N–H and O–H groups in total. The number of rotatable bonds is 4. The number of imidazole rings is 1. The Morgan fingerprint density at radius 3 is 2.38 bits per heavy atom. The van der Waals surface area contributed by atoms with Gasteiger partial charge in [-0.2, -0.15) is 13.2 Å². The number of alkyl halides is 3. The van der Waals surface area contributed by atoms with Crippen molar-refractivity contribution in [1.29, 1.82) is 0 Å². The maximum Gasteiger partial charge on any atom is 0.416 e. The van der Waals surface area contributed by atoms with Gasteiger partial charge in [0.15, 0.2) is 17.4 Å². The number of aromatic nitrogens is 3. The molecule has 0 spiro atoms. The van der Waals surface area contributed by atoms with Crippen LogP contribution in [0.1, 0.15) is 11.1 Å². The zero-order valence-electron chi connectivity index (χ0n) is 15.2. The lowest BCUT2D eigenvalue weighted by Gasteiger charge is -2.10. The first kappa shape index (κ1) is 18.9. The average molecular weight is 401 g/mol. The zero-order chi connectivity index (χ0) is 20.6. The molecule has 0 saturated heterocycles. The van der Waals surface area contributed by atoms with Gasteiger partial charge in [0.2, 0.25) is 0 Å². The molecule has 29 heavy (non-hydrogen) atoms. The number of fused-ring (bicyclic) bond motifs is 1. The van der Waals surface area contributed by atoms with E-state index in [9.17, 15) is 17.6 Å². The summed E-state index contributed by atoms with van der Waals surface area (Å²) in [6, 6.07) is 11.5. The zero-order valence-corrected chi connectivity index (χ0v) is 15.2. The first-order chi connectivity index (χ1) is 13.8. The minimum Gasteiger partial charge on any atom is -0.494 e. The van der Waals surface area contributed by atoms with E-state index < -0.39 is 17.6 Å². The average Bonchev–Trinajstić information content (AvgIpc) is 3.11. The van der Waals surface area contributed by atoms with E-state index in [1.54, 1.807) is 35.2 Å². The van der Waals surface area contributed by atoms with Gasteiger partial charge in [0, 0.05) is 18.9 Å². The van der Waals surface area contributed by atoms with Crippen LogP contribution in [0.3, 0.4) is 0 Å². The molecule has 0 aliphatic carbocycles. The molecule has 4 rings (SSSR count). The molecule has 0 amide bonds. The molecular weight excluding hydrogens is 386 g/mol. The van der Waals surface area contributed by atoms with Crippen LogP contribution in [0.25, 0.3) is 22.8 Å². The van der Waals surface area contributed by atoms with Crippen LogP contribution in [-0.2, 0) is 12.7 Å². The SMILES string of the molecule is COc1cccc(-c2nc3ccn(Cc4ccc(C(F)(F)F)cc4)cc-3n2)c1F. The molecule has 2 aliphatic rings. The summed E-state index contributed by atoms with van der Waals surface area (Å²) < 4.78 is 59.3. The molecule has 0 saturated carbocycles. The van der Waals surface area contributed by atoms with Crippen LogP contribution in [0.2, 0.25) is 0 Å². The lowest BCUT2D eigenvalue weighted by atomic mass is 10.1. The summed E-state index contributed by atoms with van der Waals surface area (Å²) in [4.78, 5) is 8.75. The number of hydrogen-bond acceptors (Lipinski definition) is 3. The van der Waals surface area contributed by atoms with Crippen molar-refractivity contribution in [1.82, 2.24) is 14.5 Å². The summed E-state index contributed by atoms with van der Waals surface area (Å²) in [5.74, 6) is -0.194. The first-order valence-electron chi connectivity index (χ1n) is 8.67. The molecule has 8 heteroatoms. The highest BCUT2D eigenvalue weighted by atomic mass is 19.4. The smallest absolute Gasteiger partial charge is 0.416 e. The van der Waals surface area contributed by atoms with Crippen LogP contribution in [0, 0.1) is 5.82 Å². The van der Waals surface area contributed by atoms with Gasteiger partial charge in [-0.3, -0.25) is 0 Å². The molecule has 0 bridgehead atoms. The van der Waals surface area contributed by atoms with Crippen molar-refractivity contribution in [3.05, 3.63) is 77.9 Å². The largest absolute Gasteiger partial charge is 0.494 e. The molecule has 2 aromatic carbocycles. The van der Waals surface area contributed by atoms with Crippen LogP contribution in [-0.4, -0.2) is 21.6 Å². The predicted octanol–water partition coefficient (Wildman–Crippen LogP) is 5.26. The van der Waals surface area contributed by atoms with E-state index in [4.69, 9.17) is 4.74 Å². The van der Waals surface area contributed by atoms with E-state index in [2.05, 4.69) is 9.97 Å². The van der Waals surface area contributed by atoms with Gasteiger partial charge in [-0.05, 0) is 35.9 Å². The Hall–Kier alpha value is -3.42. The first-order valence-corrected chi connectivity index (χ1v) is 8.67. The minimum atomic E-state index is -4.36. The van der Waals surface area contributed by atoms with Gasteiger partial charge in [0.1, 0.15) is 5.69 Å². The third-order valence-electron chi connectivity index (χ3n) is 4.50. The second-order valence-electron chi connectivity index (χ2n) is 6.45. The Morgan fingerprint density at radius 2 is 1.69 bits per heavy atom. The third-order valence-corrected chi connectivity index (χ3v) is 4.50. The molecule has 2 aromatic rings. The summed E-state index contributed by atoms with van der Waals surface area (Å²) in [7, 11) is 1.38. The van der Waals surface area contributed by atoms with Gasteiger partial charge in [-0.1, -0.05) is 18.2 Å². The van der Waals surface area contributed by atoms with E-state index in [1.165, 1.54) is 25.3 Å². The Bertz CT molecular complexity index is 1120. The Morgan fingerprint density at radius 1 is 0.966 bits per heavy atom. The van der Waals surface area contributed by atoms with Gasteiger partial charge in [0.05, 0.1) is 23.9 Å². The van der Waals surface area contributed by atoms with E-state index in [0.29, 0.717) is 23.5 Å². The molecule has 2 aliphatic heterocycles. The highest BCUT2D eigenvalue weighted by molar-refractivity contribution is 5.67. The molecule has 0 fully saturated rings. The highest BCUT2D eigenvalue weighted by Crippen LogP contribution is 2.31. The fraction of sp³-hybridized carbons (Fsp3) is 0.143. The molecule has 0 unspecified atom stereocenters. The number of benzene rings is 2. The van der Waals surface area contributed by atoms with Gasteiger partial charge in [0.25, 0.3) is 0 Å². The van der Waals surface area contributed by atoms with Crippen molar-refractivity contribution in [2.45, 2.75) is 12.7 Å². The van der Waals surface area contributed by atoms with Crippen molar-refractivity contribution in [2.75, 3.05) is 7.11 Å². The van der Waals surface area contributed by atoms with Gasteiger partial charge >= 0.3 is 6.18 Å². The lowest BCUT2D eigenvalue weighted by Crippen LogP contribution is -2.05. The van der Waals surface area contributed by atoms with Crippen molar-refractivity contribution in [2.24, 2.45) is 0 Å². The van der Waals surface area contributed by atoms with Crippen LogP contribution in [0.5, 0.6) is 5.75 Å². The lowest BCUT2D eigenvalue weighted by molar-refractivity contribution is -0.137. The minimum absolute atomic E-state index is 0.105. The molecule has 0 atom stereocenters. The highest BCUT2D eigenvalue weighted by Gasteiger charge is 2.29. The second-order valence-corrected chi connectivity index (χ2v) is 6.45. The van der Waals surface area contributed by atoms with Gasteiger partial charge in [-0.15, -0.1) is 0 Å². The molecule has 2 heterocycles. The van der Waals surface area contributed by atoms with E-state index in [1.807, 2.05) is 0 Å². The quantitative estimate of drug-likeness (QED) is 0.438. The van der Waals surface area contributed by atoms with Crippen molar-refractivity contribution >= 4 is 0 Å². The van der Waals surface area contributed by atoms with Crippen LogP contribution in [0.15, 0.2) is 60.9 Å². The van der Waals surface area contributed by atoms with E-state index >= 15 is 0 Å². The third kappa shape index (κ3) is 3.78. The van der Waals surface area contributed by atoms with Gasteiger partial charge < -0.3 is 9.30 Å². The number of ether oxygens (including phenoxy) is 1. The number of nitrogens with zero attached hydrogens (tertiary/aromatic N) is 3.